The van der Waals surface area contributed by atoms with Crippen molar-refractivity contribution in [2.75, 3.05) is 18.0 Å². The summed E-state index contributed by atoms with van der Waals surface area (Å²) in [4.78, 5) is 20.0. The zero-order valence-electron chi connectivity index (χ0n) is 8.46. The average Bonchev–Trinajstić information content (AvgIpc) is 2.22. The number of nitrogens with zero attached hydrogens (tertiary/aromatic N) is 2. The van der Waals surface area contributed by atoms with Crippen LogP contribution in [-0.2, 0) is 0 Å². The minimum absolute atomic E-state index is 0.126. The molecule has 0 aliphatic carbocycles. The van der Waals surface area contributed by atoms with Crippen molar-refractivity contribution < 1.29 is 0 Å². The van der Waals surface area contributed by atoms with Gasteiger partial charge in [0.2, 0.25) is 0 Å². The number of aromatic amines is 1. The minimum Gasteiger partial charge on any atom is -0.344 e. The highest BCUT2D eigenvalue weighted by Crippen LogP contribution is 2.14. The maximum Gasteiger partial charge on any atom is 0.266 e. The zero-order valence-corrected chi connectivity index (χ0v) is 10.6. The molecule has 1 heterocycles. The molecule has 1 aromatic heterocycles. The summed E-state index contributed by atoms with van der Waals surface area (Å²) < 4.78 is 0.582. The Bertz CT molecular complexity index is 421. The second-order valence-corrected chi connectivity index (χ2v) is 4.07. The van der Waals surface area contributed by atoms with E-state index in [-0.39, 0.29) is 5.56 Å². The van der Waals surface area contributed by atoms with E-state index < -0.39 is 0 Å². The summed E-state index contributed by atoms with van der Waals surface area (Å²) in [6.45, 7) is 3.33. The smallest absolute Gasteiger partial charge is 0.266 e. The molecular weight excluding hydrogens is 305 g/mol. The van der Waals surface area contributed by atoms with Gasteiger partial charge in [-0.2, -0.15) is 0 Å². The van der Waals surface area contributed by atoms with Gasteiger partial charge in [-0.05, 0) is 29.0 Å². The van der Waals surface area contributed by atoms with Crippen LogP contribution in [0.15, 0.2) is 11.1 Å². The molecule has 0 spiro atoms. The van der Waals surface area contributed by atoms with Gasteiger partial charge in [-0.25, -0.2) is 4.98 Å². The molecule has 0 aromatic carbocycles. The number of nitrogens with one attached hydrogen (secondary N) is 1. The Morgan fingerprint density at radius 2 is 2.47 bits per heavy atom. The highest BCUT2D eigenvalue weighted by molar-refractivity contribution is 14.1. The monoisotopic (exact) mass is 317 g/mol. The Labute approximate surface area is 102 Å². The molecule has 1 aromatic rings. The molecule has 0 unspecified atom stereocenters. The lowest BCUT2D eigenvalue weighted by molar-refractivity contribution is 0.800. The summed E-state index contributed by atoms with van der Waals surface area (Å²) in [5, 5.41) is 0. The molecule has 0 radical (unpaired) electrons. The molecular formula is C10H12IN3O. The van der Waals surface area contributed by atoms with Crippen molar-refractivity contribution in [3.05, 3.63) is 20.3 Å². The lowest BCUT2D eigenvalue weighted by Gasteiger charge is -2.20. The van der Waals surface area contributed by atoms with Gasteiger partial charge >= 0.3 is 0 Å². The van der Waals surface area contributed by atoms with Crippen LogP contribution in [0.4, 0.5) is 5.82 Å². The first-order valence-electron chi connectivity index (χ1n) is 4.62. The molecule has 0 saturated carbocycles. The largest absolute Gasteiger partial charge is 0.344 e. The Morgan fingerprint density at radius 1 is 1.73 bits per heavy atom. The molecule has 80 valence electrons. The molecule has 0 aliphatic rings. The second kappa shape index (κ2) is 5.75. The van der Waals surface area contributed by atoms with Crippen LogP contribution in [0.25, 0.3) is 0 Å². The fraction of sp³-hybridized carbons (Fsp3) is 0.400. The van der Waals surface area contributed by atoms with Crippen LogP contribution in [0.3, 0.4) is 0 Å². The van der Waals surface area contributed by atoms with Crippen LogP contribution in [0.1, 0.15) is 13.3 Å². The molecule has 0 atom stereocenters. The lowest BCUT2D eigenvalue weighted by Crippen LogP contribution is -2.28. The molecule has 0 bridgehead atoms. The van der Waals surface area contributed by atoms with Crippen LogP contribution >= 0.6 is 22.6 Å². The van der Waals surface area contributed by atoms with Crippen molar-refractivity contribution in [2.45, 2.75) is 13.3 Å². The Morgan fingerprint density at radius 3 is 3.07 bits per heavy atom. The topological polar surface area (TPSA) is 49.0 Å². The molecule has 15 heavy (non-hydrogen) atoms. The summed E-state index contributed by atoms with van der Waals surface area (Å²) in [7, 11) is 0. The van der Waals surface area contributed by atoms with E-state index in [1.54, 1.807) is 0 Å². The molecule has 1 N–H and O–H groups in total. The Kier molecular flexibility index (Phi) is 4.62. The van der Waals surface area contributed by atoms with Crippen molar-refractivity contribution in [1.29, 1.82) is 0 Å². The van der Waals surface area contributed by atoms with Crippen molar-refractivity contribution in [1.82, 2.24) is 9.97 Å². The molecule has 0 aliphatic heterocycles. The van der Waals surface area contributed by atoms with Gasteiger partial charge < -0.3 is 9.88 Å². The van der Waals surface area contributed by atoms with Gasteiger partial charge in [0.1, 0.15) is 9.39 Å². The first-order valence-corrected chi connectivity index (χ1v) is 5.70. The van der Waals surface area contributed by atoms with E-state index in [9.17, 15) is 4.79 Å². The lowest BCUT2D eigenvalue weighted by atomic mass is 10.4. The summed E-state index contributed by atoms with van der Waals surface area (Å²) in [6.07, 6.45) is 7.64. The van der Waals surface area contributed by atoms with Crippen LogP contribution in [0.2, 0.25) is 0 Å². The molecule has 1 rings (SSSR count). The highest BCUT2D eigenvalue weighted by atomic mass is 127. The van der Waals surface area contributed by atoms with Gasteiger partial charge in [0.15, 0.2) is 0 Å². The van der Waals surface area contributed by atoms with Gasteiger partial charge in [-0.1, -0.05) is 12.8 Å². The summed E-state index contributed by atoms with van der Waals surface area (Å²) >= 11 is 1.98. The number of halogens is 1. The van der Waals surface area contributed by atoms with Crippen LogP contribution in [0, 0.1) is 15.9 Å². The minimum atomic E-state index is -0.126. The fourth-order valence-corrected chi connectivity index (χ4v) is 1.87. The van der Waals surface area contributed by atoms with Gasteiger partial charge in [-0.15, -0.1) is 6.42 Å². The fourth-order valence-electron chi connectivity index (χ4n) is 1.23. The molecule has 5 heteroatoms. The number of hydrogen-bond acceptors (Lipinski definition) is 3. The third-order valence-corrected chi connectivity index (χ3v) is 2.83. The maximum absolute atomic E-state index is 11.4. The van der Waals surface area contributed by atoms with Gasteiger partial charge in [0, 0.05) is 6.54 Å². The third-order valence-electron chi connectivity index (χ3n) is 1.85. The quantitative estimate of drug-likeness (QED) is 0.671. The summed E-state index contributed by atoms with van der Waals surface area (Å²) in [6, 6.07) is 0. The van der Waals surface area contributed by atoms with E-state index in [1.165, 1.54) is 6.33 Å². The Hall–Kier alpha value is -1.03. The van der Waals surface area contributed by atoms with Gasteiger partial charge in [-0.3, -0.25) is 4.79 Å². The van der Waals surface area contributed by atoms with Crippen molar-refractivity contribution >= 4 is 28.4 Å². The first kappa shape index (κ1) is 12.0. The number of aromatic nitrogens is 2. The standard InChI is InChI=1S/C10H12IN3O/c1-3-5-14(6-4-2)9-8(11)10(15)13-7-12-9/h1,7H,4-6H2,2H3,(H,12,13,15). The van der Waals surface area contributed by atoms with Gasteiger partial charge in [0.05, 0.1) is 12.9 Å². The number of anilines is 1. The van der Waals surface area contributed by atoms with Crippen molar-refractivity contribution in [3.8, 4) is 12.3 Å². The molecule has 0 amide bonds. The van der Waals surface area contributed by atoms with Gasteiger partial charge in [0.25, 0.3) is 5.56 Å². The zero-order chi connectivity index (χ0) is 11.3. The van der Waals surface area contributed by atoms with E-state index in [1.807, 2.05) is 27.5 Å². The van der Waals surface area contributed by atoms with Crippen LogP contribution in [-0.4, -0.2) is 23.1 Å². The second-order valence-electron chi connectivity index (χ2n) is 2.99. The number of terminal acetylenes is 1. The SMILES string of the molecule is C#CCN(CCC)c1nc[nH]c(=O)c1I. The molecule has 0 saturated heterocycles. The van der Waals surface area contributed by atoms with E-state index >= 15 is 0 Å². The predicted octanol–water partition coefficient (Wildman–Crippen LogP) is 1.22. The maximum atomic E-state index is 11.4. The van der Waals surface area contributed by atoms with Crippen LogP contribution in [0.5, 0.6) is 0 Å². The molecule has 0 fully saturated rings. The normalized spacial score (nSPS) is 9.67. The molecule has 4 nitrogen and oxygen atoms in total. The summed E-state index contributed by atoms with van der Waals surface area (Å²) in [5.74, 6) is 3.23. The van der Waals surface area contributed by atoms with Crippen LogP contribution < -0.4 is 10.5 Å². The van der Waals surface area contributed by atoms with E-state index in [0.717, 1.165) is 13.0 Å². The van der Waals surface area contributed by atoms with Crippen molar-refractivity contribution in [3.63, 3.8) is 0 Å². The van der Waals surface area contributed by atoms with E-state index in [2.05, 4.69) is 22.8 Å². The highest BCUT2D eigenvalue weighted by Gasteiger charge is 2.11. The predicted molar refractivity (Wildman–Crippen MR) is 68.9 cm³/mol. The number of rotatable bonds is 4. The third kappa shape index (κ3) is 2.96. The van der Waals surface area contributed by atoms with E-state index in [0.29, 0.717) is 15.9 Å². The first-order chi connectivity index (χ1) is 7.20. The summed E-state index contributed by atoms with van der Waals surface area (Å²) in [5.41, 5.74) is -0.126. The van der Waals surface area contributed by atoms with E-state index in [4.69, 9.17) is 6.42 Å². The van der Waals surface area contributed by atoms with Crippen molar-refractivity contribution in [2.24, 2.45) is 0 Å². The number of H-pyrrole nitrogens is 1. The average molecular weight is 317 g/mol. The Balaban J connectivity index is 3.06. The number of hydrogen-bond donors (Lipinski definition) is 1.